The van der Waals surface area contributed by atoms with Gasteiger partial charge in [0.25, 0.3) is 0 Å². The first kappa shape index (κ1) is 22.8. The number of rotatable bonds is 10. The maximum Gasteiger partial charge on any atom is 0.390 e. The zero-order valence-corrected chi connectivity index (χ0v) is 18.7. The number of hydrogen-bond acceptors (Lipinski definition) is 7. The first-order valence-electron chi connectivity index (χ1n) is 9.62. The zero-order chi connectivity index (χ0) is 22.4. The molecule has 1 N–H and O–H groups in total. The summed E-state index contributed by atoms with van der Waals surface area (Å²) in [6.45, 7) is 5.27. The van der Waals surface area contributed by atoms with Crippen molar-refractivity contribution in [2.45, 2.75) is 45.1 Å². The van der Waals surface area contributed by atoms with Crippen molar-refractivity contribution >= 4 is 35.1 Å². The molecule has 0 bridgehead atoms. The van der Waals surface area contributed by atoms with Crippen LogP contribution in [-0.4, -0.2) is 41.1 Å². The number of amides is 1. The number of aromatic nitrogens is 5. The number of nitrogens with zero attached hydrogens (tertiary/aromatic N) is 6. The molecule has 0 aliphatic rings. The van der Waals surface area contributed by atoms with Crippen molar-refractivity contribution in [3.63, 3.8) is 0 Å². The van der Waals surface area contributed by atoms with E-state index in [1.165, 1.54) is 17.8 Å². The largest absolute Gasteiger partial charge is 0.390 e. The summed E-state index contributed by atoms with van der Waals surface area (Å²) in [6, 6.07) is 8.74. The molecule has 0 aliphatic carbocycles. The van der Waals surface area contributed by atoms with E-state index in [1.807, 2.05) is 23.6 Å². The highest BCUT2D eigenvalue weighted by Crippen LogP contribution is 2.18. The van der Waals surface area contributed by atoms with Gasteiger partial charge >= 0.3 is 5.82 Å². The van der Waals surface area contributed by atoms with Gasteiger partial charge in [-0.05, 0) is 36.5 Å². The highest BCUT2D eigenvalue weighted by atomic mass is 35.5. The fourth-order valence-corrected chi connectivity index (χ4v) is 3.90. The van der Waals surface area contributed by atoms with Crippen LogP contribution in [-0.2, 0) is 30.8 Å². The topological polar surface area (TPSA) is 121 Å². The van der Waals surface area contributed by atoms with Gasteiger partial charge < -0.3 is 20.0 Å². The molecule has 0 spiro atoms. The Bertz CT molecular complexity index is 1070. The van der Waals surface area contributed by atoms with Crippen LogP contribution >= 0.6 is 23.4 Å². The third-order valence-electron chi connectivity index (χ3n) is 4.55. The van der Waals surface area contributed by atoms with E-state index in [2.05, 4.69) is 20.6 Å². The minimum atomic E-state index is -0.509. The van der Waals surface area contributed by atoms with E-state index in [4.69, 9.17) is 11.6 Å². The molecular weight excluding hydrogens is 442 g/mol. The Morgan fingerprint density at radius 1 is 1.29 bits per heavy atom. The molecule has 10 nitrogen and oxygen atoms in total. The number of thioether (sulfide) groups is 1. The summed E-state index contributed by atoms with van der Waals surface area (Å²) in [6.07, 6.45) is 0.518. The van der Waals surface area contributed by atoms with Crippen LogP contribution in [0.1, 0.15) is 24.0 Å². The standard InChI is InChI=1S/C19H22ClN7O3S/c1-3-25-16(8-9-26-13(2)10-17(24-26)27(29)30)22-23-19(25)31-12-18(28)21-11-14-4-6-15(20)7-5-14/h4-7,10H,3,8-9,11-12H2,1-2H3,(H,21,28). The summed E-state index contributed by atoms with van der Waals surface area (Å²) >= 11 is 7.18. The van der Waals surface area contributed by atoms with Crippen LogP contribution in [0.4, 0.5) is 5.82 Å². The van der Waals surface area contributed by atoms with E-state index < -0.39 is 4.92 Å². The van der Waals surface area contributed by atoms with E-state index in [1.54, 1.807) is 23.7 Å². The molecule has 0 aliphatic heterocycles. The molecule has 3 aromatic rings. The van der Waals surface area contributed by atoms with Gasteiger partial charge in [-0.15, -0.1) is 10.2 Å². The van der Waals surface area contributed by atoms with Crippen molar-refractivity contribution in [2.75, 3.05) is 5.75 Å². The molecule has 0 saturated carbocycles. The van der Waals surface area contributed by atoms with E-state index in [-0.39, 0.29) is 17.5 Å². The number of carbonyl (C=O) groups is 1. The second-order valence-corrected chi connectivity index (χ2v) is 8.09. The second-order valence-electron chi connectivity index (χ2n) is 6.71. The lowest BCUT2D eigenvalue weighted by atomic mass is 10.2. The van der Waals surface area contributed by atoms with Crippen LogP contribution in [0.15, 0.2) is 35.5 Å². The summed E-state index contributed by atoms with van der Waals surface area (Å²) in [5.74, 6) is 0.682. The Morgan fingerprint density at radius 3 is 2.68 bits per heavy atom. The third-order valence-corrected chi connectivity index (χ3v) is 5.77. The van der Waals surface area contributed by atoms with Gasteiger partial charge in [-0.3, -0.25) is 4.79 Å². The van der Waals surface area contributed by atoms with E-state index in [9.17, 15) is 14.9 Å². The van der Waals surface area contributed by atoms with Gasteiger partial charge in [-0.1, -0.05) is 35.5 Å². The van der Waals surface area contributed by atoms with Crippen molar-refractivity contribution < 1.29 is 9.72 Å². The molecular formula is C19H22ClN7O3S. The monoisotopic (exact) mass is 463 g/mol. The molecule has 12 heteroatoms. The van der Waals surface area contributed by atoms with Crippen molar-refractivity contribution in [1.82, 2.24) is 29.9 Å². The van der Waals surface area contributed by atoms with Crippen molar-refractivity contribution in [2.24, 2.45) is 0 Å². The number of nitrogens with one attached hydrogen (secondary N) is 1. The fourth-order valence-electron chi connectivity index (χ4n) is 2.93. The quantitative estimate of drug-likeness (QED) is 0.278. The Kier molecular flexibility index (Phi) is 7.64. The number of carbonyl (C=O) groups excluding carboxylic acids is 1. The molecule has 0 radical (unpaired) electrons. The Hall–Kier alpha value is -2.92. The molecule has 0 fully saturated rings. The molecule has 3 rings (SSSR count). The van der Waals surface area contributed by atoms with Gasteiger partial charge in [-0.25, -0.2) is 0 Å². The molecule has 31 heavy (non-hydrogen) atoms. The van der Waals surface area contributed by atoms with Crippen LogP contribution in [0.3, 0.4) is 0 Å². The van der Waals surface area contributed by atoms with Crippen molar-refractivity contribution in [3.05, 3.63) is 62.6 Å². The molecule has 2 aromatic heterocycles. The van der Waals surface area contributed by atoms with Gasteiger partial charge in [0.2, 0.25) is 5.91 Å². The maximum atomic E-state index is 12.2. The molecule has 1 amide bonds. The maximum absolute atomic E-state index is 12.2. The highest BCUT2D eigenvalue weighted by molar-refractivity contribution is 7.99. The van der Waals surface area contributed by atoms with Crippen LogP contribution < -0.4 is 5.32 Å². The minimum absolute atomic E-state index is 0.105. The normalized spacial score (nSPS) is 10.9. The fraction of sp³-hybridized carbons (Fsp3) is 0.368. The first-order chi connectivity index (χ1) is 14.9. The molecule has 1 aromatic carbocycles. The minimum Gasteiger partial charge on any atom is -0.358 e. The summed E-state index contributed by atoms with van der Waals surface area (Å²) in [4.78, 5) is 22.6. The van der Waals surface area contributed by atoms with Gasteiger partial charge in [-0.2, -0.15) is 4.68 Å². The van der Waals surface area contributed by atoms with Gasteiger partial charge in [0, 0.05) is 24.5 Å². The van der Waals surface area contributed by atoms with Crippen LogP contribution in [0.5, 0.6) is 0 Å². The smallest absolute Gasteiger partial charge is 0.358 e. The number of aryl methyl sites for hydroxylation is 3. The average Bonchev–Trinajstić information content (AvgIpc) is 3.32. The number of nitro groups is 1. The van der Waals surface area contributed by atoms with Crippen LogP contribution in [0.2, 0.25) is 5.02 Å². The number of halogens is 1. The molecule has 2 heterocycles. The SMILES string of the molecule is CCn1c(CCn2nc([N+](=O)[O-])cc2C)nnc1SCC(=O)NCc1ccc(Cl)cc1. The Labute approximate surface area is 188 Å². The molecule has 0 unspecified atom stereocenters. The predicted octanol–water partition coefficient (Wildman–Crippen LogP) is 3.02. The van der Waals surface area contributed by atoms with Gasteiger partial charge in [0.05, 0.1) is 29.2 Å². The highest BCUT2D eigenvalue weighted by Gasteiger charge is 2.17. The summed E-state index contributed by atoms with van der Waals surface area (Å²) < 4.78 is 3.52. The lowest BCUT2D eigenvalue weighted by molar-refractivity contribution is -0.389. The zero-order valence-electron chi connectivity index (χ0n) is 17.1. The summed E-state index contributed by atoms with van der Waals surface area (Å²) in [5.41, 5.74) is 1.68. The first-order valence-corrected chi connectivity index (χ1v) is 11.0. The summed E-state index contributed by atoms with van der Waals surface area (Å²) in [7, 11) is 0. The molecule has 0 atom stereocenters. The number of benzene rings is 1. The predicted molar refractivity (Wildman–Crippen MR) is 117 cm³/mol. The molecule has 0 saturated heterocycles. The summed E-state index contributed by atoms with van der Waals surface area (Å²) in [5, 5.41) is 27.5. The lowest BCUT2D eigenvalue weighted by Crippen LogP contribution is -2.24. The Morgan fingerprint density at radius 2 is 2.03 bits per heavy atom. The second kappa shape index (κ2) is 10.4. The average molecular weight is 464 g/mol. The number of hydrogen-bond donors (Lipinski definition) is 1. The van der Waals surface area contributed by atoms with E-state index in [0.717, 1.165) is 11.4 Å². The van der Waals surface area contributed by atoms with Crippen LogP contribution in [0.25, 0.3) is 0 Å². The van der Waals surface area contributed by atoms with Gasteiger partial charge in [0.1, 0.15) is 5.82 Å². The third kappa shape index (κ3) is 6.05. The Balaban J connectivity index is 1.54. The lowest BCUT2D eigenvalue weighted by Gasteiger charge is -2.08. The van der Waals surface area contributed by atoms with Crippen molar-refractivity contribution in [3.8, 4) is 0 Å². The van der Waals surface area contributed by atoms with E-state index >= 15 is 0 Å². The molecule has 164 valence electrons. The van der Waals surface area contributed by atoms with Gasteiger partial charge in [0.15, 0.2) is 5.16 Å². The van der Waals surface area contributed by atoms with Crippen molar-refractivity contribution in [1.29, 1.82) is 0 Å². The van der Waals surface area contributed by atoms with Crippen LogP contribution in [0, 0.1) is 17.0 Å². The van der Waals surface area contributed by atoms with E-state index in [0.29, 0.717) is 41.9 Å².